The van der Waals surface area contributed by atoms with Crippen molar-refractivity contribution in [2.24, 2.45) is 0 Å². The van der Waals surface area contributed by atoms with Gasteiger partial charge in [-0.25, -0.2) is 8.42 Å². The van der Waals surface area contributed by atoms with Gasteiger partial charge in [-0.1, -0.05) is 35.9 Å². The Bertz CT molecular complexity index is 1180. The summed E-state index contributed by atoms with van der Waals surface area (Å²) in [5.74, 6) is -0.344. The van der Waals surface area contributed by atoms with E-state index in [4.69, 9.17) is 16.3 Å². The van der Waals surface area contributed by atoms with Gasteiger partial charge in [0, 0.05) is 23.4 Å². The molecule has 0 aliphatic heterocycles. The largest absolute Gasteiger partial charge is 0.380 e. The van der Waals surface area contributed by atoms with E-state index >= 15 is 0 Å². The third-order valence-corrected chi connectivity index (χ3v) is 6.07. The van der Waals surface area contributed by atoms with E-state index in [0.29, 0.717) is 34.1 Å². The molecule has 3 rings (SSSR count). The number of benzene rings is 3. The molecule has 0 heterocycles. The van der Waals surface area contributed by atoms with E-state index < -0.39 is 10.0 Å². The number of amides is 1. The van der Waals surface area contributed by atoms with Crippen LogP contribution in [0.3, 0.4) is 0 Å². The number of sulfonamides is 1. The first-order valence-corrected chi connectivity index (χ1v) is 10.9. The molecule has 3 aromatic rings. The summed E-state index contributed by atoms with van der Waals surface area (Å²) in [6.45, 7) is 2.08. The molecule has 1 amide bonds. The molecule has 3 aromatic carbocycles. The lowest BCUT2D eigenvalue weighted by atomic mass is 10.1. The molecule has 0 unspecified atom stereocenters. The summed E-state index contributed by atoms with van der Waals surface area (Å²) in [4.78, 5) is 12.7. The van der Waals surface area contributed by atoms with E-state index in [1.165, 1.54) is 12.1 Å². The van der Waals surface area contributed by atoms with Gasteiger partial charge in [0.05, 0.1) is 17.2 Å². The lowest BCUT2D eigenvalue weighted by Crippen LogP contribution is -2.16. The fraction of sp³-hybridized carbons (Fsp3) is 0.136. The van der Waals surface area contributed by atoms with Crippen LogP contribution in [0.4, 0.5) is 11.4 Å². The monoisotopic (exact) mass is 444 g/mol. The van der Waals surface area contributed by atoms with Crippen molar-refractivity contribution in [1.82, 2.24) is 0 Å². The maximum Gasteiger partial charge on any atom is 0.262 e. The molecule has 2 N–H and O–H groups in total. The number of nitrogens with one attached hydrogen (secondary N) is 2. The Morgan fingerprint density at radius 3 is 2.50 bits per heavy atom. The van der Waals surface area contributed by atoms with Crippen molar-refractivity contribution < 1.29 is 17.9 Å². The topological polar surface area (TPSA) is 84.5 Å². The van der Waals surface area contributed by atoms with Gasteiger partial charge in [0.15, 0.2) is 0 Å². The molecule has 8 heteroatoms. The second-order valence-electron chi connectivity index (χ2n) is 6.68. The zero-order valence-electron chi connectivity index (χ0n) is 16.5. The number of carbonyl (C=O) groups excluding carboxylic acids is 1. The molecule has 0 aromatic heterocycles. The van der Waals surface area contributed by atoms with Gasteiger partial charge in [0.1, 0.15) is 0 Å². The van der Waals surface area contributed by atoms with Crippen LogP contribution in [0.25, 0.3) is 0 Å². The minimum atomic E-state index is -3.87. The van der Waals surface area contributed by atoms with Gasteiger partial charge in [-0.15, -0.1) is 0 Å². The third kappa shape index (κ3) is 5.38. The Morgan fingerprint density at radius 1 is 1.00 bits per heavy atom. The fourth-order valence-electron chi connectivity index (χ4n) is 2.90. The Morgan fingerprint density at radius 2 is 1.77 bits per heavy atom. The predicted molar refractivity (Wildman–Crippen MR) is 119 cm³/mol. The van der Waals surface area contributed by atoms with Crippen molar-refractivity contribution in [2.75, 3.05) is 17.1 Å². The van der Waals surface area contributed by atoms with Crippen molar-refractivity contribution in [2.45, 2.75) is 18.4 Å². The van der Waals surface area contributed by atoms with Crippen LogP contribution in [-0.2, 0) is 21.4 Å². The molecule has 6 nitrogen and oxygen atoms in total. The van der Waals surface area contributed by atoms with Crippen LogP contribution in [0.1, 0.15) is 21.5 Å². The molecule has 0 radical (unpaired) electrons. The number of hydrogen-bond acceptors (Lipinski definition) is 4. The van der Waals surface area contributed by atoms with E-state index in [1.807, 2.05) is 6.07 Å². The molecule has 156 valence electrons. The molecular formula is C22H21ClN2O4S. The highest BCUT2D eigenvalue weighted by Crippen LogP contribution is 2.24. The van der Waals surface area contributed by atoms with E-state index in [0.717, 1.165) is 5.56 Å². The normalized spacial score (nSPS) is 11.2. The van der Waals surface area contributed by atoms with Crippen LogP contribution in [0.5, 0.6) is 0 Å². The van der Waals surface area contributed by atoms with Crippen LogP contribution >= 0.6 is 11.6 Å². The maximum absolute atomic E-state index is 12.9. The van der Waals surface area contributed by atoms with Crippen molar-refractivity contribution in [1.29, 1.82) is 0 Å². The smallest absolute Gasteiger partial charge is 0.262 e. The van der Waals surface area contributed by atoms with Crippen molar-refractivity contribution in [3.05, 3.63) is 88.4 Å². The summed E-state index contributed by atoms with van der Waals surface area (Å²) < 4.78 is 33.4. The molecular weight excluding hydrogens is 424 g/mol. The third-order valence-electron chi connectivity index (χ3n) is 4.31. The average Bonchev–Trinajstić information content (AvgIpc) is 2.69. The summed E-state index contributed by atoms with van der Waals surface area (Å²) in [6.07, 6.45) is 0. The highest BCUT2D eigenvalue weighted by Gasteiger charge is 2.18. The maximum atomic E-state index is 12.9. The number of carbonyl (C=O) groups is 1. The van der Waals surface area contributed by atoms with Gasteiger partial charge >= 0.3 is 0 Å². The lowest BCUT2D eigenvalue weighted by Gasteiger charge is -2.13. The number of halogens is 1. The number of methoxy groups -OCH3 is 1. The zero-order valence-corrected chi connectivity index (χ0v) is 18.0. The lowest BCUT2D eigenvalue weighted by molar-refractivity contribution is 0.102. The van der Waals surface area contributed by atoms with E-state index in [9.17, 15) is 13.2 Å². The zero-order chi connectivity index (χ0) is 21.7. The van der Waals surface area contributed by atoms with Gasteiger partial charge in [-0.3, -0.25) is 9.52 Å². The quantitative estimate of drug-likeness (QED) is 0.545. The number of rotatable bonds is 7. The van der Waals surface area contributed by atoms with Crippen molar-refractivity contribution in [3.8, 4) is 0 Å². The second kappa shape index (κ2) is 9.30. The van der Waals surface area contributed by atoms with Crippen LogP contribution in [-0.4, -0.2) is 21.4 Å². The summed E-state index contributed by atoms with van der Waals surface area (Å²) in [5, 5.41) is 3.17. The van der Waals surface area contributed by atoms with Gasteiger partial charge in [-0.2, -0.15) is 0 Å². The van der Waals surface area contributed by atoms with E-state index in [1.54, 1.807) is 62.6 Å². The standard InChI is InChI=1S/C22H21ClN2O4S/c1-15-9-10-19(24-22(26)17-6-3-5-16(11-17)14-29-2)13-21(15)30(27,28)25-20-8-4-7-18(23)12-20/h3-13,25H,14H2,1-2H3,(H,24,26). The fourth-order valence-corrected chi connectivity index (χ4v) is 4.41. The Hall–Kier alpha value is -2.87. The number of aryl methyl sites for hydroxylation is 1. The van der Waals surface area contributed by atoms with Gasteiger partial charge in [-0.05, 0) is 60.5 Å². The van der Waals surface area contributed by atoms with Gasteiger partial charge < -0.3 is 10.1 Å². The first-order valence-electron chi connectivity index (χ1n) is 9.07. The highest BCUT2D eigenvalue weighted by atomic mass is 35.5. The predicted octanol–water partition coefficient (Wildman–Crippen LogP) is 4.85. The summed E-state index contributed by atoms with van der Waals surface area (Å²) in [5.41, 5.74) is 2.58. The molecule has 0 fully saturated rings. The van der Waals surface area contributed by atoms with Crippen LogP contribution in [0.2, 0.25) is 5.02 Å². The molecule has 0 bridgehead atoms. The van der Waals surface area contributed by atoms with E-state index in [-0.39, 0.29) is 10.8 Å². The molecule has 0 saturated carbocycles. The summed E-state index contributed by atoms with van der Waals surface area (Å²) in [6, 6.07) is 18.2. The first kappa shape index (κ1) is 21.8. The van der Waals surface area contributed by atoms with Crippen LogP contribution in [0.15, 0.2) is 71.6 Å². The summed E-state index contributed by atoms with van der Waals surface area (Å²) >= 11 is 5.93. The van der Waals surface area contributed by atoms with E-state index in [2.05, 4.69) is 10.0 Å². The molecule has 30 heavy (non-hydrogen) atoms. The first-order chi connectivity index (χ1) is 14.3. The molecule has 0 aliphatic carbocycles. The Kier molecular flexibility index (Phi) is 6.77. The average molecular weight is 445 g/mol. The summed E-state index contributed by atoms with van der Waals surface area (Å²) in [7, 11) is -2.29. The van der Waals surface area contributed by atoms with Crippen molar-refractivity contribution in [3.63, 3.8) is 0 Å². The molecule has 0 spiro atoms. The highest BCUT2D eigenvalue weighted by molar-refractivity contribution is 7.92. The Labute approximate surface area is 180 Å². The van der Waals surface area contributed by atoms with Crippen LogP contribution < -0.4 is 10.0 Å². The van der Waals surface area contributed by atoms with Crippen LogP contribution in [0, 0.1) is 6.92 Å². The number of hydrogen-bond donors (Lipinski definition) is 2. The number of anilines is 2. The number of ether oxygens (including phenoxy) is 1. The molecule has 0 saturated heterocycles. The minimum absolute atomic E-state index is 0.0633. The molecule has 0 atom stereocenters. The minimum Gasteiger partial charge on any atom is -0.380 e. The second-order valence-corrected chi connectivity index (χ2v) is 8.77. The SMILES string of the molecule is COCc1cccc(C(=O)Nc2ccc(C)c(S(=O)(=O)Nc3cccc(Cl)c3)c2)c1. The Balaban J connectivity index is 1.84. The molecule has 0 aliphatic rings. The van der Waals surface area contributed by atoms with Gasteiger partial charge in [0.25, 0.3) is 15.9 Å². The van der Waals surface area contributed by atoms with Gasteiger partial charge in [0.2, 0.25) is 0 Å². The van der Waals surface area contributed by atoms with Crippen molar-refractivity contribution >= 4 is 38.9 Å².